The van der Waals surface area contributed by atoms with E-state index in [0.29, 0.717) is 0 Å². The van der Waals surface area contributed by atoms with Crippen molar-refractivity contribution in [1.82, 2.24) is 0 Å². The number of rotatable bonds is 3. The summed E-state index contributed by atoms with van der Waals surface area (Å²) in [7, 11) is 1.20. The second-order valence-corrected chi connectivity index (χ2v) is 4.64. The summed E-state index contributed by atoms with van der Waals surface area (Å²) in [6.07, 6.45) is -4.60. The lowest BCUT2D eigenvalue weighted by atomic mass is 10.2. The van der Waals surface area contributed by atoms with E-state index in [2.05, 4.69) is 4.74 Å². The maximum atomic E-state index is 12.8. The molecule has 0 aliphatic carbocycles. The zero-order chi connectivity index (χ0) is 16.3. The highest BCUT2D eigenvalue weighted by Gasteiger charge is 2.33. The number of hydrogen-bond donors (Lipinski definition) is 0. The van der Waals surface area contributed by atoms with Gasteiger partial charge in [-0.15, -0.1) is 0 Å². The maximum Gasteiger partial charge on any atom is 0.417 e. The number of benzene rings is 2. The Labute approximate surface area is 129 Å². The third kappa shape index (κ3) is 3.51. The minimum atomic E-state index is -4.60. The lowest BCUT2D eigenvalue weighted by molar-refractivity contribution is -0.137. The number of halogens is 4. The predicted molar refractivity (Wildman–Crippen MR) is 74.3 cm³/mol. The highest BCUT2D eigenvalue weighted by atomic mass is 35.5. The zero-order valence-electron chi connectivity index (χ0n) is 11.3. The number of carbonyl (C=O) groups is 1. The van der Waals surface area contributed by atoms with Gasteiger partial charge in [-0.1, -0.05) is 23.7 Å². The molecule has 0 aliphatic rings. The number of para-hydroxylation sites is 1. The van der Waals surface area contributed by atoms with Gasteiger partial charge in [0, 0.05) is 0 Å². The fourth-order valence-electron chi connectivity index (χ4n) is 1.75. The van der Waals surface area contributed by atoms with Gasteiger partial charge in [-0.2, -0.15) is 13.2 Å². The van der Waals surface area contributed by atoms with Crippen molar-refractivity contribution in [3.63, 3.8) is 0 Å². The van der Waals surface area contributed by atoms with Crippen molar-refractivity contribution >= 4 is 17.6 Å². The van der Waals surface area contributed by atoms with Crippen LogP contribution < -0.4 is 4.74 Å². The van der Waals surface area contributed by atoms with Crippen LogP contribution in [0.2, 0.25) is 5.02 Å². The van der Waals surface area contributed by atoms with Crippen LogP contribution in [-0.4, -0.2) is 13.1 Å². The van der Waals surface area contributed by atoms with Gasteiger partial charge in [0.05, 0.1) is 17.7 Å². The molecular weight excluding hydrogens is 321 g/mol. The summed E-state index contributed by atoms with van der Waals surface area (Å²) in [6.45, 7) is 0. The van der Waals surface area contributed by atoms with E-state index in [-0.39, 0.29) is 17.1 Å². The molecule has 2 rings (SSSR count). The summed E-state index contributed by atoms with van der Waals surface area (Å²) in [5, 5.41) is -0.430. The topological polar surface area (TPSA) is 35.5 Å². The van der Waals surface area contributed by atoms with Gasteiger partial charge in [-0.05, 0) is 30.3 Å². The monoisotopic (exact) mass is 330 g/mol. The molecule has 0 unspecified atom stereocenters. The number of alkyl halides is 3. The average Bonchev–Trinajstić information content (AvgIpc) is 2.48. The summed E-state index contributed by atoms with van der Waals surface area (Å²) >= 11 is 5.54. The van der Waals surface area contributed by atoms with Crippen molar-refractivity contribution in [3.8, 4) is 11.5 Å². The van der Waals surface area contributed by atoms with E-state index in [4.69, 9.17) is 16.3 Å². The molecule has 0 amide bonds. The summed E-state index contributed by atoms with van der Waals surface area (Å²) in [5.41, 5.74) is -0.907. The lowest BCUT2D eigenvalue weighted by Gasteiger charge is -2.13. The molecule has 0 aromatic heterocycles. The highest BCUT2D eigenvalue weighted by molar-refractivity contribution is 6.31. The molecule has 0 radical (unpaired) electrons. The van der Waals surface area contributed by atoms with E-state index in [1.54, 1.807) is 12.1 Å². The molecule has 0 bridgehead atoms. The molecule has 0 atom stereocenters. The van der Waals surface area contributed by atoms with E-state index >= 15 is 0 Å². The van der Waals surface area contributed by atoms with Crippen molar-refractivity contribution in [2.75, 3.05) is 7.11 Å². The summed E-state index contributed by atoms with van der Waals surface area (Å²) in [5.74, 6) is -0.654. The van der Waals surface area contributed by atoms with Crippen molar-refractivity contribution < 1.29 is 27.4 Å². The third-order valence-corrected chi connectivity index (χ3v) is 3.09. The predicted octanol–water partition coefficient (Wildman–Crippen LogP) is 4.94. The van der Waals surface area contributed by atoms with E-state index in [0.717, 1.165) is 12.1 Å². The third-order valence-electron chi connectivity index (χ3n) is 2.76. The lowest BCUT2D eigenvalue weighted by Crippen LogP contribution is -2.06. The number of carbonyl (C=O) groups excluding carboxylic acids is 1. The van der Waals surface area contributed by atoms with Crippen LogP contribution in [0, 0.1) is 0 Å². The van der Waals surface area contributed by atoms with Crippen LogP contribution in [-0.2, 0) is 10.9 Å². The summed E-state index contributed by atoms with van der Waals surface area (Å²) < 4.78 is 48.4. The largest absolute Gasteiger partial charge is 0.465 e. The minimum absolute atomic E-state index is 0.0878. The Bertz CT molecular complexity index is 699. The first-order chi connectivity index (χ1) is 10.3. The Morgan fingerprint density at radius 1 is 1.14 bits per heavy atom. The number of hydrogen-bond acceptors (Lipinski definition) is 3. The molecule has 0 saturated carbocycles. The van der Waals surface area contributed by atoms with E-state index in [1.165, 1.54) is 25.3 Å². The van der Waals surface area contributed by atoms with E-state index < -0.39 is 22.7 Å². The fraction of sp³-hybridized carbons (Fsp3) is 0.133. The quantitative estimate of drug-likeness (QED) is 0.748. The molecule has 0 spiro atoms. The Balaban J connectivity index is 2.39. The molecule has 0 saturated heterocycles. The molecule has 7 heteroatoms. The molecule has 116 valence electrons. The second-order valence-electron chi connectivity index (χ2n) is 4.23. The van der Waals surface area contributed by atoms with Gasteiger partial charge in [-0.3, -0.25) is 0 Å². The van der Waals surface area contributed by atoms with Crippen LogP contribution in [0.1, 0.15) is 15.9 Å². The number of esters is 1. The van der Waals surface area contributed by atoms with Crippen molar-refractivity contribution in [2.45, 2.75) is 6.18 Å². The van der Waals surface area contributed by atoms with Crippen LogP contribution in [0.3, 0.4) is 0 Å². The first-order valence-electron chi connectivity index (χ1n) is 6.05. The Kier molecular flexibility index (Phi) is 4.61. The van der Waals surface area contributed by atoms with Gasteiger partial charge >= 0.3 is 12.1 Å². The zero-order valence-corrected chi connectivity index (χ0v) is 12.0. The molecule has 22 heavy (non-hydrogen) atoms. The molecule has 0 aliphatic heterocycles. The average molecular weight is 331 g/mol. The first kappa shape index (κ1) is 16.2. The van der Waals surface area contributed by atoms with Crippen molar-refractivity contribution in [2.24, 2.45) is 0 Å². The number of ether oxygens (including phenoxy) is 2. The Morgan fingerprint density at radius 3 is 2.45 bits per heavy atom. The van der Waals surface area contributed by atoms with Gasteiger partial charge in [0.2, 0.25) is 0 Å². The first-order valence-corrected chi connectivity index (χ1v) is 6.42. The number of methoxy groups -OCH3 is 1. The van der Waals surface area contributed by atoms with Crippen molar-refractivity contribution in [1.29, 1.82) is 0 Å². The molecular formula is C15H10ClF3O3. The molecule has 3 nitrogen and oxygen atoms in total. The highest BCUT2D eigenvalue weighted by Crippen LogP contribution is 2.38. The van der Waals surface area contributed by atoms with Crippen molar-refractivity contribution in [3.05, 3.63) is 58.6 Å². The van der Waals surface area contributed by atoms with Gasteiger partial charge in [-0.25, -0.2) is 4.79 Å². The van der Waals surface area contributed by atoms with Gasteiger partial charge in [0.25, 0.3) is 0 Å². The standard InChI is InChI=1S/C15H10ClF3O3/c1-21-14(20)10-4-2-3-5-13(10)22-9-6-7-12(16)11(8-9)15(17,18)19/h2-8H,1H3. The van der Waals surface area contributed by atoms with Crippen LogP contribution in [0.25, 0.3) is 0 Å². The van der Waals surface area contributed by atoms with Crippen LogP contribution in [0.4, 0.5) is 13.2 Å². The normalized spacial score (nSPS) is 11.1. The van der Waals surface area contributed by atoms with E-state index in [9.17, 15) is 18.0 Å². The Morgan fingerprint density at radius 2 is 1.82 bits per heavy atom. The second kappa shape index (κ2) is 6.27. The SMILES string of the molecule is COC(=O)c1ccccc1Oc1ccc(Cl)c(C(F)(F)F)c1. The van der Waals surface area contributed by atoms with Gasteiger partial charge in [0.1, 0.15) is 17.1 Å². The molecule has 0 N–H and O–H groups in total. The molecule has 0 heterocycles. The van der Waals surface area contributed by atoms with E-state index in [1.807, 2.05) is 0 Å². The smallest absolute Gasteiger partial charge is 0.417 e. The summed E-state index contributed by atoms with van der Waals surface area (Å²) in [4.78, 5) is 11.6. The Hall–Kier alpha value is -2.21. The van der Waals surface area contributed by atoms with Gasteiger partial charge < -0.3 is 9.47 Å². The van der Waals surface area contributed by atoms with Gasteiger partial charge in [0.15, 0.2) is 0 Å². The van der Waals surface area contributed by atoms with Crippen LogP contribution in [0.15, 0.2) is 42.5 Å². The van der Waals surface area contributed by atoms with Crippen LogP contribution >= 0.6 is 11.6 Å². The summed E-state index contributed by atoms with van der Waals surface area (Å²) in [6, 6.07) is 9.21. The molecule has 2 aromatic rings. The fourth-order valence-corrected chi connectivity index (χ4v) is 1.97. The maximum absolute atomic E-state index is 12.8. The molecule has 2 aromatic carbocycles. The minimum Gasteiger partial charge on any atom is -0.465 e. The molecule has 0 fully saturated rings. The van der Waals surface area contributed by atoms with Crippen LogP contribution in [0.5, 0.6) is 11.5 Å².